The van der Waals surface area contributed by atoms with E-state index in [9.17, 15) is 9.90 Å². The van der Waals surface area contributed by atoms with Crippen LogP contribution in [0, 0.1) is 0 Å². The van der Waals surface area contributed by atoms with Crippen LogP contribution >= 0.6 is 0 Å². The molecule has 1 heterocycles. The number of hydrogen-bond donors (Lipinski definition) is 1. The van der Waals surface area contributed by atoms with Crippen molar-refractivity contribution in [2.45, 2.75) is 45.6 Å². The van der Waals surface area contributed by atoms with E-state index < -0.39 is 12.0 Å². The predicted octanol–water partition coefficient (Wildman–Crippen LogP) is 3.60. The highest BCUT2D eigenvalue weighted by Gasteiger charge is 2.25. The second-order valence-corrected chi connectivity index (χ2v) is 5.56. The quantitative estimate of drug-likeness (QED) is 0.843. The second kappa shape index (κ2) is 6.89. The van der Waals surface area contributed by atoms with Crippen LogP contribution in [0.1, 0.15) is 51.4 Å². The first kappa shape index (κ1) is 17.1. The van der Waals surface area contributed by atoms with Gasteiger partial charge in [0, 0.05) is 18.1 Å². The largest absolute Gasteiger partial charge is 0.493 e. The van der Waals surface area contributed by atoms with Crippen molar-refractivity contribution in [3.8, 4) is 11.5 Å². The zero-order chi connectivity index (χ0) is 17.1. The summed E-state index contributed by atoms with van der Waals surface area (Å²) in [4.78, 5) is 16.3. The standard InChI is InChI=1S/C17H24N2O4/c1-6-11(7-2)16-18-12-8-14(22-4)15(23-5)9-13(12)19(16)10(3)17(20)21/h8-11H,6-7H2,1-5H3,(H,20,21). The van der Waals surface area contributed by atoms with Gasteiger partial charge in [0.1, 0.15) is 11.9 Å². The molecule has 23 heavy (non-hydrogen) atoms. The van der Waals surface area contributed by atoms with Gasteiger partial charge in [0.2, 0.25) is 0 Å². The van der Waals surface area contributed by atoms with Gasteiger partial charge in [0.25, 0.3) is 0 Å². The van der Waals surface area contributed by atoms with Gasteiger partial charge in [-0.25, -0.2) is 9.78 Å². The first-order valence-corrected chi connectivity index (χ1v) is 7.85. The molecule has 1 N–H and O–H groups in total. The van der Waals surface area contributed by atoms with Gasteiger partial charge in [0.05, 0.1) is 25.3 Å². The van der Waals surface area contributed by atoms with Crippen LogP contribution in [0.4, 0.5) is 0 Å². The molecule has 0 aliphatic heterocycles. The summed E-state index contributed by atoms with van der Waals surface area (Å²) in [5, 5.41) is 9.49. The number of nitrogens with zero attached hydrogens (tertiary/aromatic N) is 2. The van der Waals surface area contributed by atoms with Crippen LogP contribution in [0.3, 0.4) is 0 Å². The smallest absolute Gasteiger partial charge is 0.326 e. The SMILES string of the molecule is CCC(CC)c1nc2cc(OC)c(OC)cc2n1C(C)C(=O)O. The summed E-state index contributed by atoms with van der Waals surface area (Å²) in [6.45, 7) is 5.85. The molecular formula is C17H24N2O4. The van der Waals surface area contributed by atoms with Crippen molar-refractivity contribution >= 4 is 17.0 Å². The topological polar surface area (TPSA) is 73.6 Å². The summed E-state index contributed by atoms with van der Waals surface area (Å²) in [6.07, 6.45) is 1.81. The fourth-order valence-corrected chi connectivity index (χ4v) is 2.90. The van der Waals surface area contributed by atoms with Crippen molar-refractivity contribution in [1.29, 1.82) is 0 Å². The van der Waals surface area contributed by atoms with Gasteiger partial charge in [-0.2, -0.15) is 0 Å². The molecule has 1 unspecified atom stereocenters. The van der Waals surface area contributed by atoms with Crippen molar-refractivity contribution in [2.75, 3.05) is 14.2 Å². The number of imidazole rings is 1. The number of hydrogen-bond acceptors (Lipinski definition) is 4. The van der Waals surface area contributed by atoms with E-state index in [1.165, 1.54) is 0 Å². The zero-order valence-electron chi connectivity index (χ0n) is 14.3. The van der Waals surface area contributed by atoms with Gasteiger partial charge in [-0.3, -0.25) is 0 Å². The van der Waals surface area contributed by atoms with E-state index in [0.29, 0.717) is 11.5 Å². The maximum atomic E-state index is 11.6. The maximum absolute atomic E-state index is 11.6. The molecule has 0 spiro atoms. The lowest BCUT2D eigenvalue weighted by Gasteiger charge is -2.18. The van der Waals surface area contributed by atoms with Gasteiger partial charge in [-0.1, -0.05) is 13.8 Å². The lowest BCUT2D eigenvalue weighted by molar-refractivity contribution is -0.140. The Labute approximate surface area is 136 Å². The van der Waals surface area contributed by atoms with E-state index >= 15 is 0 Å². The number of methoxy groups -OCH3 is 2. The van der Waals surface area contributed by atoms with Crippen LogP contribution in [-0.2, 0) is 4.79 Å². The molecule has 0 aliphatic rings. The molecule has 2 aromatic rings. The van der Waals surface area contributed by atoms with Crippen LogP contribution in [-0.4, -0.2) is 34.8 Å². The molecule has 1 aromatic carbocycles. The van der Waals surface area contributed by atoms with E-state index in [1.54, 1.807) is 37.8 Å². The highest BCUT2D eigenvalue weighted by atomic mass is 16.5. The molecule has 0 saturated carbocycles. The van der Waals surface area contributed by atoms with E-state index in [1.807, 2.05) is 0 Å². The van der Waals surface area contributed by atoms with Gasteiger partial charge in [-0.15, -0.1) is 0 Å². The van der Waals surface area contributed by atoms with Gasteiger partial charge in [0.15, 0.2) is 11.5 Å². The summed E-state index contributed by atoms with van der Waals surface area (Å²) < 4.78 is 12.5. The van der Waals surface area contributed by atoms with Crippen molar-refractivity contribution < 1.29 is 19.4 Å². The number of fused-ring (bicyclic) bond motifs is 1. The third-order valence-corrected chi connectivity index (χ3v) is 4.32. The summed E-state index contributed by atoms with van der Waals surface area (Å²) in [7, 11) is 3.13. The molecule has 2 rings (SSSR count). The van der Waals surface area contributed by atoms with Gasteiger partial charge in [-0.05, 0) is 19.8 Å². The average Bonchev–Trinajstić information content (AvgIpc) is 2.91. The number of carbonyl (C=O) groups is 1. The van der Waals surface area contributed by atoms with E-state index in [2.05, 4.69) is 13.8 Å². The number of aromatic nitrogens is 2. The minimum atomic E-state index is -0.883. The van der Waals surface area contributed by atoms with Crippen LogP contribution in [0.5, 0.6) is 11.5 Å². The average molecular weight is 320 g/mol. The number of aliphatic carboxylic acids is 1. The summed E-state index contributed by atoms with van der Waals surface area (Å²) >= 11 is 0. The summed E-state index contributed by atoms with van der Waals surface area (Å²) in [6, 6.07) is 2.89. The number of carboxylic acid groups (broad SMARTS) is 1. The first-order chi connectivity index (χ1) is 11.0. The minimum absolute atomic E-state index is 0.209. The van der Waals surface area contributed by atoms with Crippen molar-refractivity contribution in [3.63, 3.8) is 0 Å². The normalized spacial score (nSPS) is 12.6. The van der Waals surface area contributed by atoms with Gasteiger partial charge >= 0.3 is 5.97 Å². The third kappa shape index (κ3) is 2.98. The Morgan fingerprint density at radius 1 is 1.22 bits per heavy atom. The zero-order valence-corrected chi connectivity index (χ0v) is 14.3. The Balaban J connectivity index is 2.78. The molecule has 0 aliphatic carbocycles. The molecule has 1 aromatic heterocycles. The highest BCUT2D eigenvalue weighted by Crippen LogP contribution is 2.36. The van der Waals surface area contributed by atoms with Crippen LogP contribution in [0.2, 0.25) is 0 Å². The minimum Gasteiger partial charge on any atom is -0.493 e. The van der Waals surface area contributed by atoms with Crippen molar-refractivity contribution in [2.24, 2.45) is 0 Å². The predicted molar refractivity (Wildman–Crippen MR) is 88.5 cm³/mol. The number of rotatable bonds is 7. The molecular weight excluding hydrogens is 296 g/mol. The Hall–Kier alpha value is -2.24. The third-order valence-electron chi connectivity index (χ3n) is 4.32. The molecule has 0 fully saturated rings. The van der Waals surface area contributed by atoms with Crippen LogP contribution in [0.25, 0.3) is 11.0 Å². The molecule has 0 radical (unpaired) electrons. The van der Waals surface area contributed by atoms with Gasteiger partial charge < -0.3 is 19.1 Å². The lowest BCUT2D eigenvalue weighted by Crippen LogP contribution is -2.19. The van der Waals surface area contributed by atoms with E-state index in [4.69, 9.17) is 14.5 Å². The molecule has 126 valence electrons. The Kier molecular flexibility index (Phi) is 5.13. The first-order valence-electron chi connectivity index (χ1n) is 7.85. The molecule has 0 amide bonds. The Morgan fingerprint density at radius 3 is 2.26 bits per heavy atom. The molecule has 1 atom stereocenters. The Morgan fingerprint density at radius 2 is 1.78 bits per heavy atom. The number of ether oxygens (including phenoxy) is 2. The summed E-state index contributed by atoms with van der Waals surface area (Å²) in [5.74, 6) is 1.28. The van der Waals surface area contributed by atoms with E-state index in [-0.39, 0.29) is 5.92 Å². The lowest BCUT2D eigenvalue weighted by atomic mass is 10.0. The number of benzene rings is 1. The summed E-state index contributed by atoms with van der Waals surface area (Å²) in [5.41, 5.74) is 1.47. The number of carboxylic acids is 1. The van der Waals surface area contributed by atoms with Crippen LogP contribution in [0.15, 0.2) is 12.1 Å². The van der Waals surface area contributed by atoms with Crippen molar-refractivity contribution in [1.82, 2.24) is 9.55 Å². The second-order valence-electron chi connectivity index (χ2n) is 5.56. The maximum Gasteiger partial charge on any atom is 0.326 e. The monoisotopic (exact) mass is 320 g/mol. The van der Waals surface area contributed by atoms with Crippen LogP contribution < -0.4 is 9.47 Å². The fraction of sp³-hybridized carbons (Fsp3) is 0.529. The fourth-order valence-electron chi connectivity index (χ4n) is 2.90. The molecule has 6 nitrogen and oxygen atoms in total. The molecule has 6 heteroatoms. The molecule has 0 bridgehead atoms. The highest BCUT2D eigenvalue weighted by molar-refractivity contribution is 5.83. The van der Waals surface area contributed by atoms with E-state index in [0.717, 1.165) is 29.7 Å². The molecule has 0 saturated heterocycles. The Bertz CT molecular complexity index is 704. The van der Waals surface area contributed by atoms with Crippen molar-refractivity contribution in [3.05, 3.63) is 18.0 Å².